The van der Waals surface area contributed by atoms with Crippen LogP contribution in [0.15, 0.2) is 0 Å². The van der Waals surface area contributed by atoms with Gasteiger partial charge in [0.2, 0.25) is 0 Å². The highest BCUT2D eigenvalue weighted by atomic mass is 32.2. The Balaban J connectivity index is 2.11. The molecule has 0 aromatic rings. The number of ether oxygens (including phenoxy) is 1. The van der Waals surface area contributed by atoms with Gasteiger partial charge in [0.05, 0.1) is 10.5 Å². The van der Waals surface area contributed by atoms with Crippen LogP contribution < -0.4 is 0 Å². The van der Waals surface area contributed by atoms with Crippen LogP contribution in [0, 0.1) is 5.92 Å². The highest BCUT2D eigenvalue weighted by molar-refractivity contribution is 7.93. The van der Waals surface area contributed by atoms with Gasteiger partial charge >= 0.3 is 6.09 Å². The first-order chi connectivity index (χ1) is 9.98. The van der Waals surface area contributed by atoms with Gasteiger partial charge in [-0.05, 0) is 40.0 Å². The van der Waals surface area contributed by atoms with Crippen molar-refractivity contribution in [3.05, 3.63) is 0 Å². The molecule has 2 saturated heterocycles. The van der Waals surface area contributed by atoms with Crippen molar-refractivity contribution in [2.24, 2.45) is 5.92 Å². The van der Waals surface area contributed by atoms with E-state index in [1.54, 1.807) is 20.8 Å². The average molecular weight is 335 g/mol. The molecule has 0 aromatic carbocycles. The van der Waals surface area contributed by atoms with Gasteiger partial charge in [0, 0.05) is 19.0 Å². The lowest BCUT2D eigenvalue weighted by atomic mass is 9.81. The summed E-state index contributed by atoms with van der Waals surface area (Å²) >= 11 is 0. The SMILES string of the molecule is CC(C)(C)OC(=O)N1CCC2(CC1)C(C(O)O)CCS2(=O)=O. The maximum Gasteiger partial charge on any atom is 0.410 e. The molecule has 2 aliphatic heterocycles. The topological polar surface area (TPSA) is 104 Å². The molecule has 1 unspecified atom stereocenters. The molecular weight excluding hydrogens is 310 g/mol. The molecule has 2 aliphatic rings. The Morgan fingerprint density at radius 1 is 1.27 bits per heavy atom. The van der Waals surface area contributed by atoms with Gasteiger partial charge in [-0.1, -0.05) is 0 Å². The van der Waals surface area contributed by atoms with Crippen molar-refractivity contribution in [1.82, 2.24) is 4.90 Å². The van der Waals surface area contributed by atoms with Crippen molar-refractivity contribution in [2.75, 3.05) is 18.8 Å². The van der Waals surface area contributed by atoms with Gasteiger partial charge in [-0.3, -0.25) is 0 Å². The summed E-state index contributed by atoms with van der Waals surface area (Å²) in [6.45, 7) is 5.82. The second-order valence-corrected chi connectivity index (χ2v) is 9.61. The Hall–Kier alpha value is -0.860. The maximum absolute atomic E-state index is 12.4. The lowest BCUT2D eigenvalue weighted by Crippen LogP contribution is -2.54. The molecule has 128 valence electrons. The van der Waals surface area contributed by atoms with E-state index in [2.05, 4.69) is 0 Å². The lowest BCUT2D eigenvalue weighted by Gasteiger charge is -2.42. The van der Waals surface area contributed by atoms with Crippen LogP contribution in [0.3, 0.4) is 0 Å². The third-order valence-electron chi connectivity index (χ3n) is 4.61. The summed E-state index contributed by atoms with van der Waals surface area (Å²) in [7, 11) is -3.39. The second kappa shape index (κ2) is 5.65. The number of sulfone groups is 1. The fourth-order valence-corrected chi connectivity index (χ4v) is 5.95. The van der Waals surface area contributed by atoms with Crippen LogP contribution in [0.25, 0.3) is 0 Å². The third-order valence-corrected chi connectivity index (χ3v) is 7.34. The predicted octanol–water partition coefficient (Wildman–Crippen LogP) is 0.502. The molecule has 2 N–H and O–H groups in total. The Morgan fingerprint density at radius 2 is 1.82 bits per heavy atom. The van der Waals surface area contributed by atoms with Gasteiger partial charge in [-0.25, -0.2) is 13.2 Å². The fourth-order valence-electron chi connectivity index (χ4n) is 3.48. The summed E-state index contributed by atoms with van der Waals surface area (Å²) < 4.78 is 29.0. The smallest absolute Gasteiger partial charge is 0.410 e. The van der Waals surface area contributed by atoms with Crippen LogP contribution in [0.5, 0.6) is 0 Å². The van der Waals surface area contributed by atoms with Crippen molar-refractivity contribution < 1.29 is 28.2 Å². The van der Waals surface area contributed by atoms with E-state index in [9.17, 15) is 23.4 Å². The van der Waals surface area contributed by atoms with Crippen LogP contribution >= 0.6 is 0 Å². The van der Waals surface area contributed by atoms with Crippen molar-refractivity contribution >= 4 is 15.9 Å². The van der Waals surface area contributed by atoms with E-state index in [-0.39, 0.29) is 38.1 Å². The summed E-state index contributed by atoms with van der Waals surface area (Å²) in [5.41, 5.74) is -0.602. The minimum absolute atomic E-state index is 0.0261. The number of carbonyl (C=O) groups excluding carboxylic acids is 1. The van der Waals surface area contributed by atoms with E-state index in [0.29, 0.717) is 0 Å². The number of amides is 1. The molecule has 0 bridgehead atoms. The highest BCUT2D eigenvalue weighted by Crippen LogP contribution is 2.46. The van der Waals surface area contributed by atoms with E-state index in [0.717, 1.165) is 0 Å². The van der Waals surface area contributed by atoms with E-state index < -0.39 is 38.5 Å². The van der Waals surface area contributed by atoms with Crippen LogP contribution in [-0.2, 0) is 14.6 Å². The number of carbonyl (C=O) groups is 1. The molecule has 2 heterocycles. The molecule has 1 atom stereocenters. The largest absolute Gasteiger partial charge is 0.444 e. The number of hydrogen-bond donors (Lipinski definition) is 2. The number of aliphatic hydroxyl groups is 2. The van der Waals surface area contributed by atoms with Crippen LogP contribution in [0.1, 0.15) is 40.0 Å². The molecule has 7 nitrogen and oxygen atoms in total. The molecule has 1 amide bonds. The maximum atomic E-state index is 12.4. The minimum Gasteiger partial charge on any atom is -0.444 e. The van der Waals surface area contributed by atoms with Crippen molar-refractivity contribution in [3.8, 4) is 0 Å². The number of rotatable bonds is 1. The summed E-state index contributed by atoms with van der Waals surface area (Å²) in [5.74, 6) is -0.708. The Bertz CT molecular complexity index is 528. The van der Waals surface area contributed by atoms with Gasteiger partial charge in [0.15, 0.2) is 16.1 Å². The zero-order valence-corrected chi connectivity index (χ0v) is 14.1. The summed E-state index contributed by atoms with van der Waals surface area (Å²) in [4.78, 5) is 13.5. The quantitative estimate of drug-likeness (QED) is 0.676. The first-order valence-corrected chi connectivity index (χ1v) is 9.20. The number of hydrogen-bond acceptors (Lipinski definition) is 6. The summed E-state index contributed by atoms with van der Waals surface area (Å²) in [5, 5.41) is 19.0. The molecule has 2 fully saturated rings. The number of piperidine rings is 1. The fraction of sp³-hybridized carbons (Fsp3) is 0.929. The van der Waals surface area contributed by atoms with Gasteiger partial charge in [-0.15, -0.1) is 0 Å². The Morgan fingerprint density at radius 3 is 2.27 bits per heavy atom. The number of nitrogens with zero attached hydrogens (tertiary/aromatic N) is 1. The van der Waals surface area contributed by atoms with E-state index in [1.807, 2.05) is 0 Å². The van der Waals surface area contributed by atoms with Crippen LogP contribution in [-0.4, -0.2) is 65.1 Å². The van der Waals surface area contributed by atoms with Crippen molar-refractivity contribution in [1.29, 1.82) is 0 Å². The minimum atomic E-state index is -3.39. The lowest BCUT2D eigenvalue weighted by molar-refractivity contribution is -0.0981. The third kappa shape index (κ3) is 3.09. The molecule has 0 saturated carbocycles. The molecule has 0 aromatic heterocycles. The van der Waals surface area contributed by atoms with Gasteiger partial charge in [-0.2, -0.15) is 0 Å². The van der Waals surface area contributed by atoms with E-state index >= 15 is 0 Å². The highest BCUT2D eigenvalue weighted by Gasteiger charge is 2.58. The Labute approximate surface area is 131 Å². The molecular formula is C14H25NO6S. The van der Waals surface area contributed by atoms with Gasteiger partial charge < -0.3 is 19.8 Å². The standard InChI is InChI=1S/C14H25NO6S/c1-13(2,3)21-12(18)15-7-5-14(6-8-15)10(11(16)17)4-9-22(14,19)20/h10-11,16-17H,4-9H2,1-3H3. The molecule has 1 spiro atoms. The van der Waals surface area contributed by atoms with Crippen LogP contribution in [0.4, 0.5) is 4.79 Å². The van der Waals surface area contributed by atoms with E-state index in [1.165, 1.54) is 4.90 Å². The van der Waals surface area contributed by atoms with Crippen molar-refractivity contribution in [2.45, 2.75) is 56.7 Å². The summed E-state index contributed by atoms with van der Waals surface area (Å²) in [6.07, 6.45) is -1.41. The molecule has 8 heteroatoms. The molecule has 22 heavy (non-hydrogen) atoms. The summed E-state index contributed by atoms with van der Waals surface area (Å²) in [6, 6.07) is 0. The first-order valence-electron chi connectivity index (χ1n) is 7.55. The molecule has 0 radical (unpaired) electrons. The zero-order valence-electron chi connectivity index (χ0n) is 13.3. The van der Waals surface area contributed by atoms with Crippen molar-refractivity contribution in [3.63, 3.8) is 0 Å². The molecule has 0 aliphatic carbocycles. The normalized spacial score (nSPS) is 27.4. The average Bonchev–Trinajstić information content (AvgIpc) is 2.60. The Kier molecular flexibility index (Phi) is 4.49. The van der Waals surface area contributed by atoms with E-state index in [4.69, 9.17) is 4.74 Å². The second-order valence-electron chi connectivity index (χ2n) is 7.16. The van der Waals surface area contributed by atoms with Gasteiger partial charge in [0.25, 0.3) is 0 Å². The number of likely N-dealkylation sites (tertiary alicyclic amines) is 1. The molecule has 2 rings (SSSR count). The monoisotopic (exact) mass is 335 g/mol. The predicted molar refractivity (Wildman–Crippen MR) is 79.9 cm³/mol. The zero-order chi connectivity index (χ0) is 16.8. The number of aliphatic hydroxyl groups excluding tert-OH is 1. The van der Waals surface area contributed by atoms with Crippen LogP contribution in [0.2, 0.25) is 0 Å². The van der Waals surface area contributed by atoms with Gasteiger partial charge in [0.1, 0.15) is 5.60 Å². The first kappa shape index (κ1) is 17.5.